The van der Waals surface area contributed by atoms with Gasteiger partial charge >= 0.3 is 5.97 Å². The molecule has 0 aliphatic carbocycles. The lowest BCUT2D eigenvalue weighted by Gasteiger charge is -2.07. The van der Waals surface area contributed by atoms with Crippen LogP contribution in [0.25, 0.3) is 0 Å². The smallest absolute Gasteiger partial charge is 0.338 e. The molecule has 0 unspecified atom stereocenters. The van der Waals surface area contributed by atoms with Crippen LogP contribution in [0.5, 0.6) is 0 Å². The van der Waals surface area contributed by atoms with E-state index in [2.05, 4.69) is 21.2 Å². The quantitative estimate of drug-likeness (QED) is 0.763. The number of halogens is 3. The highest BCUT2D eigenvalue weighted by molar-refractivity contribution is 9.10. The standard InChI is InChI=1S/C15H10BrCl2NO3/c16-12-5-4-11(7-13(12)18)19-14(20)8-22-15(21)9-2-1-3-10(17)6-9/h1-7H,8H2,(H,19,20). The number of nitrogens with one attached hydrogen (secondary N) is 1. The molecule has 2 aromatic rings. The molecule has 0 aromatic heterocycles. The molecular weight excluding hydrogens is 393 g/mol. The lowest BCUT2D eigenvalue weighted by Crippen LogP contribution is -2.20. The molecule has 1 amide bonds. The summed E-state index contributed by atoms with van der Waals surface area (Å²) in [5.41, 5.74) is 0.795. The molecule has 114 valence electrons. The van der Waals surface area contributed by atoms with Crippen molar-refractivity contribution in [1.29, 1.82) is 0 Å². The third-order valence-electron chi connectivity index (χ3n) is 2.60. The summed E-state index contributed by atoms with van der Waals surface area (Å²) in [5.74, 6) is -1.08. The van der Waals surface area contributed by atoms with E-state index in [4.69, 9.17) is 27.9 Å². The summed E-state index contributed by atoms with van der Waals surface area (Å²) in [4.78, 5) is 23.5. The fraction of sp³-hybridized carbons (Fsp3) is 0.0667. The van der Waals surface area contributed by atoms with E-state index in [1.54, 1.807) is 36.4 Å². The zero-order valence-electron chi connectivity index (χ0n) is 11.1. The van der Waals surface area contributed by atoms with Crippen molar-refractivity contribution in [3.05, 3.63) is 62.5 Å². The van der Waals surface area contributed by atoms with Gasteiger partial charge in [0.05, 0.1) is 10.6 Å². The Kier molecular flexibility index (Phi) is 5.83. The summed E-state index contributed by atoms with van der Waals surface area (Å²) >= 11 is 15.0. The van der Waals surface area contributed by atoms with Crippen LogP contribution < -0.4 is 5.32 Å². The van der Waals surface area contributed by atoms with Crippen molar-refractivity contribution in [2.75, 3.05) is 11.9 Å². The van der Waals surface area contributed by atoms with E-state index in [9.17, 15) is 9.59 Å². The van der Waals surface area contributed by atoms with E-state index in [0.29, 0.717) is 15.7 Å². The molecule has 0 radical (unpaired) electrons. The monoisotopic (exact) mass is 401 g/mol. The van der Waals surface area contributed by atoms with Gasteiger partial charge in [0, 0.05) is 15.2 Å². The van der Waals surface area contributed by atoms with Gasteiger partial charge in [0.15, 0.2) is 6.61 Å². The van der Waals surface area contributed by atoms with Gasteiger partial charge in [-0.25, -0.2) is 4.79 Å². The summed E-state index contributed by atoms with van der Waals surface area (Å²) in [6.45, 7) is -0.404. The molecule has 22 heavy (non-hydrogen) atoms. The van der Waals surface area contributed by atoms with Crippen molar-refractivity contribution < 1.29 is 14.3 Å². The maximum Gasteiger partial charge on any atom is 0.338 e. The molecule has 2 aromatic carbocycles. The minimum atomic E-state index is -0.619. The molecular formula is C15H10BrCl2NO3. The largest absolute Gasteiger partial charge is 0.452 e. The van der Waals surface area contributed by atoms with Crippen LogP contribution in [0.4, 0.5) is 5.69 Å². The van der Waals surface area contributed by atoms with Gasteiger partial charge in [-0.05, 0) is 52.3 Å². The molecule has 0 fully saturated rings. The van der Waals surface area contributed by atoms with E-state index >= 15 is 0 Å². The molecule has 0 atom stereocenters. The Labute approximate surface area is 145 Å². The molecule has 4 nitrogen and oxygen atoms in total. The summed E-state index contributed by atoms with van der Waals surface area (Å²) in [6, 6.07) is 11.3. The lowest BCUT2D eigenvalue weighted by atomic mass is 10.2. The maximum atomic E-state index is 11.8. The number of benzene rings is 2. The molecule has 0 bridgehead atoms. The number of carbonyl (C=O) groups excluding carboxylic acids is 2. The predicted octanol–water partition coefficient (Wildman–Crippen LogP) is 4.55. The summed E-state index contributed by atoms with van der Waals surface area (Å²) in [7, 11) is 0. The van der Waals surface area contributed by atoms with Crippen LogP contribution in [0.15, 0.2) is 46.9 Å². The summed E-state index contributed by atoms with van der Waals surface area (Å²) < 4.78 is 5.64. The highest BCUT2D eigenvalue weighted by Crippen LogP contribution is 2.25. The fourth-order valence-corrected chi connectivity index (χ4v) is 2.22. The molecule has 0 aliphatic rings. The minimum absolute atomic E-state index is 0.284. The Morgan fingerprint density at radius 2 is 1.91 bits per heavy atom. The van der Waals surface area contributed by atoms with E-state index in [1.165, 1.54) is 6.07 Å². The van der Waals surface area contributed by atoms with Crippen molar-refractivity contribution in [3.8, 4) is 0 Å². The zero-order chi connectivity index (χ0) is 16.1. The van der Waals surface area contributed by atoms with Crippen molar-refractivity contribution in [2.45, 2.75) is 0 Å². The molecule has 0 saturated carbocycles. The average Bonchev–Trinajstić information content (AvgIpc) is 2.48. The molecule has 1 N–H and O–H groups in total. The Balaban J connectivity index is 1.90. The third kappa shape index (κ3) is 4.73. The van der Waals surface area contributed by atoms with Crippen LogP contribution in [0.1, 0.15) is 10.4 Å². The van der Waals surface area contributed by atoms with Crippen LogP contribution >= 0.6 is 39.1 Å². The second-order valence-electron chi connectivity index (χ2n) is 4.26. The number of rotatable bonds is 4. The molecule has 2 rings (SSSR count). The first-order valence-corrected chi connectivity index (χ1v) is 7.68. The van der Waals surface area contributed by atoms with Crippen LogP contribution in [-0.2, 0) is 9.53 Å². The fourth-order valence-electron chi connectivity index (χ4n) is 1.60. The minimum Gasteiger partial charge on any atom is -0.452 e. The average molecular weight is 403 g/mol. The second kappa shape index (κ2) is 7.63. The van der Waals surface area contributed by atoms with Gasteiger partial charge in [-0.2, -0.15) is 0 Å². The normalized spacial score (nSPS) is 10.1. The third-order valence-corrected chi connectivity index (χ3v) is 4.07. The van der Waals surface area contributed by atoms with Crippen LogP contribution in [0.3, 0.4) is 0 Å². The Morgan fingerprint density at radius 1 is 1.14 bits per heavy atom. The van der Waals surface area contributed by atoms with Gasteiger partial charge in [-0.1, -0.05) is 29.3 Å². The number of hydrogen-bond acceptors (Lipinski definition) is 3. The van der Waals surface area contributed by atoms with E-state index < -0.39 is 18.5 Å². The molecule has 0 heterocycles. The SMILES string of the molecule is O=C(COC(=O)c1cccc(Cl)c1)Nc1ccc(Br)c(Cl)c1. The zero-order valence-corrected chi connectivity index (χ0v) is 14.2. The van der Waals surface area contributed by atoms with Crippen LogP contribution in [-0.4, -0.2) is 18.5 Å². The van der Waals surface area contributed by atoms with Gasteiger partial charge in [-0.15, -0.1) is 0 Å². The predicted molar refractivity (Wildman–Crippen MR) is 89.5 cm³/mol. The van der Waals surface area contributed by atoms with Gasteiger partial charge < -0.3 is 10.1 Å². The second-order valence-corrected chi connectivity index (χ2v) is 5.96. The number of anilines is 1. The maximum absolute atomic E-state index is 11.8. The topological polar surface area (TPSA) is 55.4 Å². The van der Waals surface area contributed by atoms with E-state index in [0.717, 1.165) is 4.47 Å². The first kappa shape index (κ1) is 16.8. The Morgan fingerprint density at radius 3 is 2.59 bits per heavy atom. The first-order valence-electron chi connectivity index (χ1n) is 6.13. The van der Waals surface area contributed by atoms with Gasteiger partial charge in [0.2, 0.25) is 0 Å². The van der Waals surface area contributed by atoms with E-state index in [-0.39, 0.29) is 5.56 Å². The summed E-state index contributed by atoms with van der Waals surface area (Å²) in [6.07, 6.45) is 0. The Bertz CT molecular complexity index is 722. The van der Waals surface area contributed by atoms with Crippen molar-refractivity contribution in [1.82, 2.24) is 0 Å². The van der Waals surface area contributed by atoms with Crippen molar-refractivity contribution in [3.63, 3.8) is 0 Å². The number of ether oxygens (including phenoxy) is 1. The Hall–Kier alpha value is -1.56. The number of hydrogen-bond donors (Lipinski definition) is 1. The molecule has 7 heteroatoms. The van der Waals surface area contributed by atoms with Crippen molar-refractivity contribution >= 4 is 56.7 Å². The van der Waals surface area contributed by atoms with Crippen LogP contribution in [0.2, 0.25) is 10.0 Å². The number of amides is 1. The number of esters is 1. The van der Waals surface area contributed by atoms with Gasteiger partial charge in [0.1, 0.15) is 0 Å². The van der Waals surface area contributed by atoms with Crippen LogP contribution in [0, 0.1) is 0 Å². The summed E-state index contributed by atoms with van der Waals surface area (Å²) in [5, 5.41) is 3.47. The first-order chi connectivity index (χ1) is 10.5. The van der Waals surface area contributed by atoms with Gasteiger partial charge in [-0.3, -0.25) is 4.79 Å². The highest BCUT2D eigenvalue weighted by atomic mass is 79.9. The van der Waals surface area contributed by atoms with Gasteiger partial charge in [0.25, 0.3) is 5.91 Å². The number of carbonyl (C=O) groups is 2. The highest BCUT2D eigenvalue weighted by Gasteiger charge is 2.11. The van der Waals surface area contributed by atoms with Crippen molar-refractivity contribution in [2.24, 2.45) is 0 Å². The lowest BCUT2D eigenvalue weighted by molar-refractivity contribution is -0.119. The molecule has 0 aliphatic heterocycles. The molecule has 0 saturated heterocycles. The molecule has 0 spiro atoms. The van der Waals surface area contributed by atoms with E-state index in [1.807, 2.05) is 0 Å².